The van der Waals surface area contributed by atoms with Crippen molar-refractivity contribution in [3.05, 3.63) is 58.7 Å². The van der Waals surface area contributed by atoms with Crippen LogP contribution in [0.5, 0.6) is 11.5 Å². The molecule has 2 aromatic carbocycles. The molecule has 0 aliphatic carbocycles. The molecule has 3 heteroatoms. The van der Waals surface area contributed by atoms with E-state index in [-0.39, 0.29) is 11.5 Å². The van der Waals surface area contributed by atoms with Crippen LogP contribution in [0.3, 0.4) is 0 Å². The van der Waals surface area contributed by atoms with Crippen molar-refractivity contribution in [2.24, 2.45) is 0 Å². The third-order valence-electron chi connectivity index (χ3n) is 3.45. The van der Waals surface area contributed by atoms with Crippen LogP contribution in [0.2, 0.25) is 0 Å². The molecule has 0 heterocycles. The summed E-state index contributed by atoms with van der Waals surface area (Å²) in [6.07, 6.45) is 1.06. The molecule has 0 saturated heterocycles. The first-order valence-corrected chi connectivity index (χ1v) is 8.86. The van der Waals surface area contributed by atoms with Crippen molar-refractivity contribution in [1.29, 1.82) is 0 Å². The molecule has 0 atom stereocenters. The average Bonchev–Trinajstić information content (AvgIpc) is 2.61. The Kier molecular flexibility index (Phi) is 11.0. The second kappa shape index (κ2) is 12.1. The Morgan fingerprint density at radius 2 is 1.52 bits per heavy atom. The summed E-state index contributed by atoms with van der Waals surface area (Å²) in [6, 6.07) is 11.5. The maximum Gasteiger partial charge on any atom is 0.159 e. The molecule has 1 N–H and O–H groups in total. The first-order valence-electron chi connectivity index (χ1n) is 8.86. The Labute approximate surface area is 152 Å². The number of rotatable bonds is 4. The smallest absolute Gasteiger partial charge is 0.159 e. The van der Waals surface area contributed by atoms with Crippen LogP contribution in [-0.4, -0.2) is 17.5 Å². The van der Waals surface area contributed by atoms with Gasteiger partial charge in [0.25, 0.3) is 0 Å². The lowest BCUT2D eigenvalue weighted by Gasteiger charge is -2.06. The molecule has 3 nitrogen and oxygen atoms in total. The van der Waals surface area contributed by atoms with E-state index in [0.717, 1.165) is 29.9 Å². The van der Waals surface area contributed by atoms with Gasteiger partial charge in [0.1, 0.15) is 11.5 Å². The van der Waals surface area contributed by atoms with Gasteiger partial charge < -0.3 is 9.84 Å². The first-order chi connectivity index (χ1) is 11.9. The van der Waals surface area contributed by atoms with Crippen molar-refractivity contribution in [2.45, 2.75) is 54.9 Å². The van der Waals surface area contributed by atoms with Gasteiger partial charge in [0.05, 0.1) is 6.61 Å². The van der Waals surface area contributed by atoms with Crippen LogP contribution in [0.15, 0.2) is 36.4 Å². The Hall–Kier alpha value is -2.29. The summed E-state index contributed by atoms with van der Waals surface area (Å²) in [5.74, 6) is 1.32. The van der Waals surface area contributed by atoms with E-state index in [1.807, 2.05) is 32.0 Å². The number of phenols is 1. The van der Waals surface area contributed by atoms with Gasteiger partial charge in [-0.25, -0.2) is 0 Å². The molecule has 25 heavy (non-hydrogen) atoms. The molecule has 0 radical (unpaired) electrons. The fourth-order valence-corrected chi connectivity index (χ4v) is 2.09. The van der Waals surface area contributed by atoms with Crippen molar-refractivity contribution in [2.75, 3.05) is 6.61 Å². The standard InChI is InChI=1S/C10H12O2.C10H14O.C2H6/c1-6-4-9(8(3)11)5-7(2)10(6)12;1-3-8-11-10-7-5-4-6-9(10)2;1-2/h4-5,12H,1-3H3;4-7H,3,8H2,1-2H3;1-2H3. The van der Waals surface area contributed by atoms with E-state index >= 15 is 0 Å². The zero-order chi connectivity index (χ0) is 19.4. The van der Waals surface area contributed by atoms with Crippen molar-refractivity contribution in [3.8, 4) is 11.5 Å². The van der Waals surface area contributed by atoms with Gasteiger partial charge >= 0.3 is 0 Å². The summed E-state index contributed by atoms with van der Waals surface area (Å²) in [7, 11) is 0. The van der Waals surface area contributed by atoms with Crippen molar-refractivity contribution < 1.29 is 14.6 Å². The molecular formula is C22H32O3. The lowest BCUT2D eigenvalue weighted by molar-refractivity contribution is 0.101. The predicted molar refractivity (Wildman–Crippen MR) is 106 cm³/mol. The molecule has 0 unspecified atom stereocenters. The molecule has 2 aromatic rings. The summed E-state index contributed by atoms with van der Waals surface area (Å²) in [5.41, 5.74) is 3.36. The monoisotopic (exact) mass is 344 g/mol. The van der Waals surface area contributed by atoms with E-state index in [4.69, 9.17) is 4.74 Å². The summed E-state index contributed by atoms with van der Waals surface area (Å²) >= 11 is 0. The van der Waals surface area contributed by atoms with Gasteiger partial charge in [-0.2, -0.15) is 0 Å². The topological polar surface area (TPSA) is 46.5 Å². The number of Topliss-reactive ketones (excluding diaryl/α,β-unsaturated/α-hetero) is 1. The number of benzene rings is 2. The Morgan fingerprint density at radius 1 is 1.00 bits per heavy atom. The Bertz CT molecular complexity index is 637. The zero-order valence-corrected chi connectivity index (χ0v) is 16.6. The second-order valence-corrected chi connectivity index (χ2v) is 5.63. The molecule has 0 saturated carbocycles. The average molecular weight is 344 g/mol. The van der Waals surface area contributed by atoms with E-state index in [1.165, 1.54) is 12.5 Å². The molecule has 0 amide bonds. The maximum atomic E-state index is 11.0. The number of phenolic OH excluding ortho intramolecular Hbond substituents is 1. The van der Waals surface area contributed by atoms with Gasteiger partial charge in [0, 0.05) is 5.56 Å². The number of para-hydroxylation sites is 1. The molecule has 0 spiro atoms. The summed E-state index contributed by atoms with van der Waals surface area (Å²) in [5, 5.41) is 9.40. The maximum absolute atomic E-state index is 11.0. The molecule has 2 rings (SSSR count). The SMILES string of the molecule is CC.CC(=O)c1cc(C)c(O)c(C)c1.CCCOc1ccccc1C. The Balaban J connectivity index is 0.000000421. The van der Waals surface area contributed by atoms with Crippen molar-refractivity contribution >= 4 is 5.78 Å². The largest absolute Gasteiger partial charge is 0.507 e. The summed E-state index contributed by atoms with van der Waals surface area (Å²) in [4.78, 5) is 11.0. The fraction of sp³-hybridized carbons (Fsp3) is 0.409. The molecule has 0 bridgehead atoms. The van der Waals surface area contributed by atoms with Crippen LogP contribution in [-0.2, 0) is 0 Å². The minimum atomic E-state index is 0.0289. The summed E-state index contributed by atoms with van der Waals surface area (Å²) in [6.45, 7) is 14.1. The minimum absolute atomic E-state index is 0.0289. The zero-order valence-electron chi connectivity index (χ0n) is 16.6. The highest BCUT2D eigenvalue weighted by Crippen LogP contribution is 2.22. The number of carbonyl (C=O) groups excluding carboxylic acids is 1. The number of hydrogen-bond donors (Lipinski definition) is 1. The number of aryl methyl sites for hydroxylation is 3. The third kappa shape index (κ3) is 7.88. The lowest BCUT2D eigenvalue weighted by Crippen LogP contribution is -1.95. The van der Waals surface area contributed by atoms with Crippen LogP contribution in [0.25, 0.3) is 0 Å². The van der Waals surface area contributed by atoms with E-state index in [1.54, 1.807) is 26.0 Å². The Morgan fingerprint density at radius 3 is 1.96 bits per heavy atom. The van der Waals surface area contributed by atoms with Crippen LogP contribution >= 0.6 is 0 Å². The van der Waals surface area contributed by atoms with Crippen LogP contribution < -0.4 is 4.74 Å². The normalized spacial score (nSPS) is 9.24. The van der Waals surface area contributed by atoms with Crippen LogP contribution in [0, 0.1) is 20.8 Å². The summed E-state index contributed by atoms with van der Waals surface area (Å²) < 4.78 is 5.49. The van der Waals surface area contributed by atoms with E-state index in [9.17, 15) is 9.90 Å². The molecule has 138 valence electrons. The molecular weight excluding hydrogens is 312 g/mol. The predicted octanol–water partition coefficient (Wildman–Crippen LogP) is 6.02. The highest BCUT2D eigenvalue weighted by molar-refractivity contribution is 5.94. The number of carbonyl (C=O) groups is 1. The van der Waals surface area contributed by atoms with Gasteiger partial charge in [-0.05, 0) is 69.0 Å². The van der Waals surface area contributed by atoms with E-state index < -0.39 is 0 Å². The van der Waals surface area contributed by atoms with Crippen LogP contribution in [0.4, 0.5) is 0 Å². The number of aromatic hydroxyl groups is 1. The van der Waals surface area contributed by atoms with Crippen molar-refractivity contribution in [3.63, 3.8) is 0 Å². The van der Waals surface area contributed by atoms with Gasteiger partial charge in [-0.3, -0.25) is 4.79 Å². The highest BCUT2D eigenvalue weighted by Gasteiger charge is 2.05. The first kappa shape index (κ1) is 22.7. The quantitative estimate of drug-likeness (QED) is 0.690. The molecule has 0 aromatic heterocycles. The van der Waals surface area contributed by atoms with E-state index in [2.05, 4.69) is 19.9 Å². The van der Waals surface area contributed by atoms with Crippen LogP contribution in [0.1, 0.15) is 61.2 Å². The minimum Gasteiger partial charge on any atom is -0.507 e. The van der Waals surface area contributed by atoms with Crippen molar-refractivity contribution in [1.82, 2.24) is 0 Å². The van der Waals surface area contributed by atoms with Gasteiger partial charge in [0.15, 0.2) is 5.78 Å². The van der Waals surface area contributed by atoms with Gasteiger partial charge in [-0.1, -0.05) is 39.0 Å². The molecule has 0 aliphatic heterocycles. The van der Waals surface area contributed by atoms with Gasteiger partial charge in [0.2, 0.25) is 0 Å². The number of hydrogen-bond acceptors (Lipinski definition) is 3. The third-order valence-corrected chi connectivity index (χ3v) is 3.45. The van der Waals surface area contributed by atoms with Gasteiger partial charge in [-0.15, -0.1) is 0 Å². The fourth-order valence-electron chi connectivity index (χ4n) is 2.09. The lowest BCUT2D eigenvalue weighted by atomic mass is 10.0. The number of ketones is 1. The number of ether oxygens (including phenoxy) is 1. The highest BCUT2D eigenvalue weighted by atomic mass is 16.5. The molecule has 0 aliphatic rings. The molecule has 0 fully saturated rings. The van der Waals surface area contributed by atoms with E-state index in [0.29, 0.717) is 5.56 Å². The second-order valence-electron chi connectivity index (χ2n) is 5.63.